The van der Waals surface area contributed by atoms with Crippen molar-refractivity contribution >= 4 is 11.7 Å². The number of carbonyl (C=O) groups excluding carboxylic acids is 1. The molecule has 2 N–H and O–H groups in total. The van der Waals surface area contributed by atoms with Gasteiger partial charge in [0.15, 0.2) is 5.75 Å². The monoisotopic (exact) mass is 356 g/mol. The molecule has 138 valence electrons. The quantitative estimate of drug-likeness (QED) is 0.861. The summed E-state index contributed by atoms with van der Waals surface area (Å²) in [5.74, 6) is 1.27. The molecule has 3 rings (SSSR count). The number of amides is 2. The lowest BCUT2D eigenvalue weighted by atomic mass is 10.2. The zero-order valence-electron chi connectivity index (χ0n) is 15.0. The molecule has 0 aliphatic carbocycles. The van der Waals surface area contributed by atoms with Gasteiger partial charge in [0.05, 0.1) is 31.0 Å². The Morgan fingerprint density at radius 1 is 1.27 bits per heavy atom. The molecule has 6 heteroatoms. The summed E-state index contributed by atoms with van der Waals surface area (Å²) in [6, 6.07) is 14.4. The van der Waals surface area contributed by atoms with E-state index in [1.54, 1.807) is 11.0 Å². The summed E-state index contributed by atoms with van der Waals surface area (Å²) in [4.78, 5) is 14.3. The van der Waals surface area contributed by atoms with Gasteiger partial charge in [-0.15, -0.1) is 0 Å². The van der Waals surface area contributed by atoms with E-state index in [4.69, 9.17) is 9.47 Å². The molecule has 2 aromatic carbocycles. The van der Waals surface area contributed by atoms with Gasteiger partial charge in [-0.3, -0.25) is 0 Å². The van der Waals surface area contributed by atoms with E-state index in [1.807, 2.05) is 56.3 Å². The molecule has 1 saturated heterocycles. The Bertz CT molecular complexity index is 765. The second kappa shape index (κ2) is 8.21. The maximum atomic E-state index is 12.7. The van der Waals surface area contributed by atoms with Crippen molar-refractivity contribution in [3.63, 3.8) is 0 Å². The van der Waals surface area contributed by atoms with Crippen LogP contribution in [0.25, 0.3) is 0 Å². The number of aryl methyl sites for hydroxylation is 1. The van der Waals surface area contributed by atoms with E-state index in [0.717, 1.165) is 5.56 Å². The average molecular weight is 356 g/mol. The highest BCUT2D eigenvalue weighted by molar-refractivity contribution is 5.91. The maximum absolute atomic E-state index is 12.7. The van der Waals surface area contributed by atoms with Crippen molar-refractivity contribution in [1.82, 2.24) is 4.90 Å². The maximum Gasteiger partial charge on any atom is 0.322 e. The molecule has 0 unspecified atom stereocenters. The van der Waals surface area contributed by atoms with Crippen LogP contribution in [0, 0.1) is 6.92 Å². The topological polar surface area (TPSA) is 71.0 Å². The van der Waals surface area contributed by atoms with Gasteiger partial charge < -0.3 is 24.8 Å². The van der Waals surface area contributed by atoms with Crippen molar-refractivity contribution in [2.75, 3.05) is 25.1 Å². The molecule has 2 atom stereocenters. The first kappa shape index (κ1) is 18.2. The lowest BCUT2D eigenvalue weighted by molar-refractivity contribution is 0.1000. The van der Waals surface area contributed by atoms with Crippen LogP contribution in [0.4, 0.5) is 10.5 Å². The second-order valence-electron chi connectivity index (χ2n) is 6.30. The molecule has 0 aromatic heterocycles. The van der Waals surface area contributed by atoms with Gasteiger partial charge in [-0.25, -0.2) is 4.79 Å². The van der Waals surface area contributed by atoms with E-state index in [-0.39, 0.29) is 18.7 Å². The largest absolute Gasteiger partial charge is 0.455 e. The van der Waals surface area contributed by atoms with Crippen LogP contribution in [-0.4, -0.2) is 47.9 Å². The fourth-order valence-corrected chi connectivity index (χ4v) is 3.01. The minimum atomic E-state index is -0.667. The number of benzene rings is 2. The van der Waals surface area contributed by atoms with Gasteiger partial charge in [0.25, 0.3) is 0 Å². The van der Waals surface area contributed by atoms with Crippen LogP contribution < -0.4 is 10.1 Å². The Morgan fingerprint density at radius 3 is 2.77 bits per heavy atom. The standard InChI is InChI=1S/C20H24N2O4/c1-3-22(17-12-25-13-18(17)23)20(24)21-16-9-4-5-10-19(16)26-15-8-6-7-14(2)11-15/h4-11,17-18,23H,3,12-13H2,1-2H3,(H,21,24)/t17-,18-/m0/s1. The molecular formula is C20H24N2O4. The number of hydrogen-bond acceptors (Lipinski definition) is 4. The number of nitrogens with one attached hydrogen (secondary N) is 1. The summed E-state index contributed by atoms with van der Waals surface area (Å²) in [6.07, 6.45) is -0.667. The third kappa shape index (κ3) is 4.15. The number of nitrogens with zero attached hydrogens (tertiary/aromatic N) is 1. The van der Waals surface area contributed by atoms with Gasteiger partial charge >= 0.3 is 6.03 Å². The van der Waals surface area contributed by atoms with Gasteiger partial charge in [0.1, 0.15) is 5.75 Å². The number of ether oxygens (including phenoxy) is 2. The molecule has 0 bridgehead atoms. The summed E-state index contributed by atoms with van der Waals surface area (Å²) in [5.41, 5.74) is 1.67. The van der Waals surface area contributed by atoms with Gasteiger partial charge in [-0.2, -0.15) is 0 Å². The van der Waals surface area contributed by atoms with Gasteiger partial charge in [0, 0.05) is 6.54 Å². The Morgan fingerprint density at radius 2 is 2.08 bits per heavy atom. The smallest absolute Gasteiger partial charge is 0.322 e. The number of anilines is 1. The Labute approximate surface area is 153 Å². The van der Waals surface area contributed by atoms with Crippen molar-refractivity contribution in [1.29, 1.82) is 0 Å². The number of urea groups is 1. The van der Waals surface area contributed by atoms with Crippen LogP contribution in [0.2, 0.25) is 0 Å². The number of aliphatic hydroxyl groups excluding tert-OH is 1. The Hall–Kier alpha value is -2.57. The molecular weight excluding hydrogens is 332 g/mol. The normalized spacial score (nSPS) is 19.2. The summed E-state index contributed by atoms with van der Waals surface area (Å²) < 4.78 is 11.2. The van der Waals surface area contributed by atoms with E-state index < -0.39 is 6.10 Å². The molecule has 1 fully saturated rings. The van der Waals surface area contributed by atoms with E-state index in [0.29, 0.717) is 30.3 Å². The van der Waals surface area contributed by atoms with E-state index in [2.05, 4.69) is 5.32 Å². The summed E-state index contributed by atoms with van der Waals surface area (Å²) in [5, 5.41) is 12.9. The highest BCUT2D eigenvalue weighted by Gasteiger charge is 2.33. The average Bonchev–Trinajstić information content (AvgIpc) is 3.03. The molecule has 1 aliphatic heterocycles. The van der Waals surface area contributed by atoms with Crippen LogP contribution >= 0.6 is 0 Å². The van der Waals surface area contributed by atoms with Crippen LogP contribution in [-0.2, 0) is 4.74 Å². The molecule has 6 nitrogen and oxygen atoms in total. The fourth-order valence-electron chi connectivity index (χ4n) is 3.01. The first-order chi connectivity index (χ1) is 12.6. The summed E-state index contributed by atoms with van der Waals surface area (Å²) >= 11 is 0. The van der Waals surface area contributed by atoms with Crippen molar-refractivity contribution in [3.8, 4) is 11.5 Å². The lowest BCUT2D eigenvalue weighted by Crippen LogP contribution is -2.48. The SMILES string of the molecule is CCN(C(=O)Nc1ccccc1Oc1cccc(C)c1)[C@H]1COC[C@@H]1O. The second-order valence-corrected chi connectivity index (χ2v) is 6.30. The van der Waals surface area contributed by atoms with Gasteiger partial charge in [0.2, 0.25) is 0 Å². The number of carbonyl (C=O) groups is 1. The molecule has 2 amide bonds. The third-order valence-electron chi connectivity index (χ3n) is 4.37. The predicted octanol–water partition coefficient (Wildman–Crippen LogP) is 3.40. The first-order valence-corrected chi connectivity index (χ1v) is 8.75. The van der Waals surface area contributed by atoms with E-state index >= 15 is 0 Å². The molecule has 1 heterocycles. The lowest BCUT2D eigenvalue weighted by Gasteiger charge is -2.29. The van der Waals surface area contributed by atoms with Gasteiger partial charge in [-0.05, 0) is 43.7 Å². The van der Waals surface area contributed by atoms with Crippen molar-refractivity contribution in [2.24, 2.45) is 0 Å². The van der Waals surface area contributed by atoms with Crippen LogP contribution in [0.1, 0.15) is 12.5 Å². The number of para-hydroxylation sites is 2. The van der Waals surface area contributed by atoms with E-state index in [1.165, 1.54) is 0 Å². The van der Waals surface area contributed by atoms with Crippen molar-refractivity contribution in [3.05, 3.63) is 54.1 Å². The molecule has 1 aliphatic rings. The van der Waals surface area contributed by atoms with Crippen molar-refractivity contribution in [2.45, 2.75) is 26.0 Å². The van der Waals surface area contributed by atoms with Crippen molar-refractivity contribution < 1.29 is 19.4 Å². The Balaban J connectivity index is 1.76. The molecule has 2 aromatic rings. The number of hydrogen-bond donors (Lipinski definition) is 2. The molecule has 26 heavy (non-hydrogen) atoms. The minimum Gasteiger partial charge on any atom is -0.455 e. The highest BCUT2D eigenvalue weighted by atomic mass is 16.5. The van der Waals surface area contributed by atoms with Crippen LogP contribution in [0.5, 0.6) is 11.5 Å². The van der Waals surface area contributed by atoms with Crippen LogP contribution in [0.3, 0.4) is 0 Å². The summed E-state index contributed by atoms with van der Waals surface area (Å²) in [6.45, 7) is 4.93. The third-order valence-corrected chi connectivity index (χ3v) is 4.37. The molecule has 0 spiro atoms. The summed E-state index contributed by atoms with van der Waals surface area (Å²) in [7, 11) is 0. The number of aliphatic hydroxyl groups is 1. The fraction of sp³-hybridized carbons (Fsp3) is 0.350. The minimum absolute atomic E-state index is 0.251. The first-order valence-electron chi connectivity index (χ1n) is 8.75. The highest BCUT2D eigenvalue weighted by Crippen LogP contribution is 2.30. The molecule has 0 saturated carbocycles. The predicted molar refractivity (Wildman–Crippen MR) is 99.7 cm³/mol. The van der Waals surface area contributed by atoms with Gasteiger partial charge in [-0.1, -0.05) is 24.3 Å². The number of rotatable bonds is 5. The zero-order chi connectivity index (χ0) is 18.5. The Kier molecular flexibility index (Phi) is 5.75. The molecule has 0 radical (unpaired) electrons. The van der Waals surface area contributed by atoms with Crippen LogP contribution in [0.15, 0.2) is 48.5 Å². The number of likely N-dealkylation sites (N-methyl/N-ethyl adjacent to an activating group) is 1. The zero-order valence-corrected chi connectivity index (χ0v) is 15.0. The van der Waals surface area contributed by atoms with E-state index in [9.17, 15) is 9.90 Å².